The molecule has 154 valence electrons. The number of primary amides is 1. The molecule has 1 aromatic heterocycles. The van der Waals surface area contributed by atoms with Gasteiger partial charge in [0.05, 0.1) is 10.6 Å². The topological polar surface area (TPSA) is 124 Å². The van der Waals surface area contributed by atoms with Gasteiger partial charge >= 0.3 is 0 Å². The highest BCUT2D eigenvalue weighted by atomic mass is 32.1. The largest absolute Gasteiger partial charge is 0.401 e. The van der Waals surface area contributed by atoms with Crippen LogP contribution in [0.25, 0.3) is 0 Å². The van der Waals surface area contributed by atoms with E-state index in [2.05, 4.69) is 24.3 Å². The van der Waals surface area contributed by atoms with Gasteiger partial charge in [0.1, 0.15) is 0 Å². The average molecular weight is 412 g/mol. The maximum absolute atomic E-state index is 11.9. The number of fused-ring (bicyclic) bond motifs is 1. The zero-order valence-electron chi connectivity index (χ0n) is 16.6. The molecule has 6 nitrogen and oxygen atoms in total. The maximum atomic E-state index is 11.9. The minimum Gasteiger partial charge on any atom is -0.401 e. The summed E-state index contributed by atoms with van der Waals surface area (Å²) < 4.78 is 0. The van der Waals surface area contributed by atoms with E-state index in [1.165, 1.54) is 21.8 Å². The summed E-state index contributed by atoms with van der Waals surface area (Å²) in [4.78, 5) is 13.0. The first-order valence-corrected chi connectivity index (χ1v) is 11.0. The number of hydrogen-bond acceptors (Lipinski definition) is 6. The van der Waals surface area contributed by atoms with Crippen LogP contribution in [0.4, 0.5) is 5.00 Å². The van der Waals surface area contributed by atoms with Crippen LogP contribution in [-0.2, 0) is 18.3 Å². The minimum atomic E-state index is -0.428. The molecule has 1 heterocycles. The third kappa shape index (κ3) is 3.97. The molecule has 2 aliphatic rings. The quantitative estimate of drug-likeness (QED) is 0.412. The number of benzene rings is 1. The van der Waals surface area contributed by atoms with Gasteiger partial charge in [0.25, 0.3) is 5.91 Å². The molecule has 2 aliphatic carbocycles. The molecule has 0 aliphatic heterocycles. The molecule has 0 bridgehead atoms. The van der Waals surface area contributed by atoms with Gasteiger partial charge in [0.2, 0.25) is 0 Å². The van der Waals surface area contributed by atoms with Gasteiger partial charge in [-0.15, -0.1) is 11.3 Å². The first kappa shape index (κ1) is 19.8. The van der Waals surface area contributed by atoms with E-state index in [0.717, 1.165) is 56.2 Å². The number of hydrazine groups is 1. The van der Waals surface area contributed by atoms with E-state index < -0.39 is 5.91 Å². The summed E-state index contributed by atoms with van der Waals surface area (Å²) in [6, 6.07) is 11.0. The van der Waals surface area contributed by atoms with Crippen LogP contribution < -0.4 is 23.0 Å². The number of rotatable bonds is 7. The van der Waals surface area contributed by atoms with E-state index >= 15 is 0 Å². The Labute approximate surface area is 175 Å². The standard InChI is InChI=1S/C22H29N5OS/c23-15(13-27(26)16-6-7-16)8-10-22(14-4-2-1-3-5-14)11-9-17-18(12-22)29-21(25)19(17)20(24)28/h1-5,13,16H,6-12,23,25-26H2,(H2,24,28)/b15-13-. The summed E-state index contributed by atoms with van der Waals surface area (Å²) in [6.07, 6.45) is 8.43. The van der Waals surface area contributed by atoms with E-state index in [1.807, 2.05) is 12.3 Å². The van der Waals surface area contributed by atoms with E-state index in [0.29, 0.717) is 16.6 Å². The Bertz CT molecular complexity index is 934. The molecule has 0 radical (unpaired) electrons. The molecule has 1 atom stereocenters. The van der Waals surface area contributed by atoms with Crippen molar-refractivity contribution in [3.63, 3.8) is 0 Å². The molecular weight excluding hydrogens is 382 g/mol. The first-order valence-electron chi connectivity index (χ1n) is 10.1. The highest BCUT2D eigenvalue weighted by Crippen LogP contribution is 2.47. The molecule has 2 aromatic rings. The maximum Gasteiger partial charge on any atom is 0.251 e. The monoisotopic (exact) mass is 411 g/mol. The van der Waals surface area contributed by atoms with E-state index in [9.17, 15) is 4.79 Å². The van der Waals surface area contributed by atoms with Crippen molar-refractivity contribution in [3.8, 4) is 0 Å². The minimum absolute atomic E-state index is 0.0437. The number of anilines is 1. The van der Waals surface area contributed by atoms with E-state index in [-0.39, 0.29) is 5.41 Å². The average Bonchev–Trinajstić information content (AvgIpc) is 3.49. The Hall–Kier alpha value is -2.51. The predicted molar refractivity (Wildman–Crippen MR) is 118 cm³/mol. The number of thiophene rings is 1. The predicted octanol–water partition coefficient (Wildman–Crippen LogP) is 2.77. The SMILES string of the molecule is NC(=O)c1c(N)sc2c1CCC(CC/C(N)=C/N(N)C1CC1)(c1ccccc1)C2. The van der Waals surface area contributed by atoms with Crippen LogP contribution in [0.15, 0.2) is 42.2 Å². The van der Waals surface area contributed by atoms with Gasteiger partial charge in [-0.1, -0.05) is 30.3 Å². The second-order valence-electron chi connectivity index (χ2n) is 8.31. The Morgan fingerprint density at radius 3 is 2.62 bits per heavy atom. The van der Waals surface area contributed by atoms with E-state index in [4.69, 9.17) is 23.0 Å². The lowest BCUT2D eigenvalue weighted by Crippen LogP contribution is -2.34. The Morgan fingerprint density at radius 2 is 1.97 bits per heavy atom. The second-order valence-corrected chi connectivity index (χ2v) is 9.45. The van der Waals surface area contributed by atoms with Crippen LogP contribution in [0.3, 0.4) is 0 Å². The number of nitrogen functional groups attached to an aromatic ring is 1. The Balaban J connectivity index is 1.61. The third-order valence-electron chi connectivity index (χ3n) is 6.28. The lowest BCUT2D eigenvalue weighted by Gasteiger charge is -2.38. The molecule has 1 fully saturated rings. The summed E-state index contributed by atoms with van der Waals surface area (Å²) in [5, 5.41) is 2.29. The molecule has 1 aromatic carbocycles. The summed E-state index contributed by atoms with van der Waals surface area (Å²) in [5.74, 6) is 5.64. The fourth-order valence-electron chi connectivity index (χ4n) is 4.48. The molecule has 8 N–H and O–H groups in total. The molecule has 1 amide bonds. The number of carbonyl (C=O) groups is 1. The summed E-state index contributed by atoms with van der Waals surface area (Å²) >= 11 is 1.50. The van der Waals surface area contributed by atoms with Crippen LogP contribution in [0.5, 0.6) is 0 Å². The van der Waals surface area contributed by atoms with Crippen LogP contribution in [0.1, 0.15) is 58.5 Å². The Kier molecular flexibility index (Phi) is 5.27. The summed E-state index contributed by atoms with van der Waals surface area (Å²) in [5.41, 5.74) is 21.7. The molecule has 0 saturated heterocycles. The van der Waals surface area contributed by atoms with Gasteiger partial charge in [-0.05, 0) is 56.1 Å². The van der Waals surface area contributed by atoms with Crippen LogP contribution in [-0.4, -0.2) is 17.0 Å². The van der Waals surface area contributed by atoms with Crippen LogP contribution in [0.2, 0.25) is 0 Å². The molecule has 7 heteroatoms. The molecule has 29 heavy (non-hydrogen) atoms. The highest BCUT2D eigenvalue weighted by molar-refractivity contribution is 7.16. The third-order valence-corrected chi connectivity index (χ3v) is 7.34. The van der Waals surface area contributed by atoms with Crippen molar-refractivity contribution in [1.29, 1.82) is 0 Å². The van der Waals surface area contributed by atoms with Crippen molar-refractivity contribution >= 4 is 22.2 Å². The van der Waals surface area contributed by atoms with Crippen molar-refractivity contribution in [2.45, 2.75) is 56.4 Å². The smallest absolute Gasteiger partial charge is 0.251 e. The van der Waals surface area contributed by atoms with Gasteiger partial charge < -0.3 is 22.2 Å². The number of allylic oxidation sites excluding steroid dienone is 1. The van der Waals surface area contributed by atoms with Crippen LogP contribution >= 0.6 is 11.3 Å². The molecule has 1 unspecified atom stereocenters. The van der Waals surface area contributed by atoms with Gasteiger partial charge in [-0.3, -0.25) is 4.79 Å². The number of hydrogen-bond donors (Lipinski definition) is 4. The van der Waals surface area contributed by atoms with Gasteiger partial charge in [0.15, 0.2) is 0 Å². The van der Waals surface area contributed by atoms with Gasteiger partial charge in [-0.25, -0.2) is 5.84 Å². The van der Waals surface area contributed by atoms with Gasteiger partial charge in [-0.2, -0.15) is 0 Å². The summed E-state index contributed by atoms with van der Waals surface area (Å²) in [7, 11) is 0. The van der Waals surface area contributed by atoms with Gasteiger partial charge in [0, 0.05) is 28.2 Å². The lowest BCUT2D eigenvalue weighted by atomic mass is 9.66. The van der Waals surface area contributed by atoms with E-state index in [1.54, 1.807) is 5.01 Å². The number of nitrogens with zero attached hydrogens (tertiary/aromatic N) is 1. The van der Waals surface area contributed by atoms with Crippen molar-refractivity contribution in [2.75, 3.05) is 5.73 Å². The number of nitrogens with two attached hydrogens (primary N) is 4. The molecule has 0 spiro atoms. The molecular formula is C22H29N5OS. The summed E-state index contributed by atoms with van der Waals surface area (Å²) in [6.45, 7) is 0. The van der Waals surface area contributed by atoms with Crippen LogP contribution in [0, 0.1) is 0 Å². The fraction of sp³-hybridized carbons (Fsp3) is 0.409. The zero-order chi connectivity index (χ0) is 20.6. The fourth-order valence-corrected chi connectivity index (χ4v) is 5.75. The Morgan fingerprint density at radius 1 is 1.24 bits per heavy atom. The second kappa shape index (κ2) is 7.72. The molecule has 4 rings (SSSR count). The van der Waals surface area contributed by atoms with Crippen molar-refractivity contribution in [3.05, 3.63) is 63.8 Å². The number of amides is 1. The number of carbonyl (C=O) groups excluding carboxylic acids is 1. The first-order chi connectivity index (χ1) is 13.9. The molecule has 1 saturated carbocycles. The van der Waals surface area contributed by atoms with Crippen molar-refractivity contribution < 1.29 is 4.79 Å². The zero-order valence-corrected chi connectivity index (χ0v) is 17.4. The lowest BCUT2D eigenvalue weighted by molar-refractivity contribution is 0.1000. The van der Waals surface area contributed by atoms with Crippen molar-refractivity contribution in [2.24, 2.45) is 17.3 Å². The normalized spacial score (nSPS) is 21.6. The van der Waals surface area contributed by atoms with Crippen molar-refractivity contribution in [1.82, 2.24) is 5.01 Å². The highest BCUT2D eigenvalue weighted by Gasteiger charge is 2.39.